The number of aliphatic imine (C=N–C) groups is 1. The lowest BCUT2D eigenvalue weighted by Crippen LogP contribution is -2.47. The second kappa shape index (κ2) is 9.46. The average molecular weight is 349 g/mol. The Balaban J connectivity index is 1.85. The summed E-state index contributed by atoms with van der Waals surface area (Å²) in [5.74, 6) is 2.45. The van der Waals surface area contributed by atoms with Crippen molar-refractivity contribution < 1.29 is 9.21 Å². The lowest BCUT2D eigenvalue weighted by molar-refractivity contribution is -0.121. The number of likely N-dealkylation sites (N-methyl/N-ethyl adjacent to an activating group) is 1. The van der Waals surface area contributed by atoms with Crippen molar-refractivity contribution in [2.75, 3.05) is 47.8 Å². The predicted molar refractivity (Wildman–Crippen MR) is 99.5 cm³/mol. The lowest BCUT2D eigenvalue weighted by atomic mass is 9.93. The van der Waals surface area contributed by atoms with Gasteiger partial charge in [-0.25, -0.2) is 0 Å². The number of nitrogens with zero attached hydrogens (tertiary/aromatic N) is 3. The zero-order chi connectivity index (χ0) is 18.2. The molecule has 1 aromatic heterocycles. The molecule has 1 amide bonds. The molecule has 7 nitrogen and oxygen atoms in total. The van der Waals surface area contributed by atoms with E-state index in [1.807, 2.05) is 33.3 Å². The van der Waals surface area contributed by atoms with E-state index in [1.54, 1.807) is 13.3 Å². The smallest absolute Gasteiger partial charge is 0.220 e. The number of carbonyl (C=O) groups excluding carboxylic acids is 1. The molecule has 1 atom stereocenters. The van der Waals surface area contributed by atoms with Crippen LogP contribution in [-0.2, 0) is 4.79 Å². The highest BCUT2D eigenvalue weighted by atomic mass is 16.3. The van der Waals surface area contributed by atoms with Crippen molar-refractivity contribution in [3.8, 4) is 0 Å². The van der Waals surface area contributed by atoms with Crippen LogP contribution in [0.25, 0.3) is 0 Å². The molecule has 1 aromatic rings. The quantitative estimate of drug-likeness (QED) is 0.598. The van der Waals surface area contributed by atoms with Crippen LogP contribution in [0.15, 0.2) is 27.8 Å². The van der Waals surface area contributed by atoms with E-state index in [0.717, 1.165) is 44.2 Å². The molecule has 2 heterocycles. The maximum Gasteiger partial charge on any atom is 0.220 e. The SMILES string of the molecule is CN=C(NCC(c1ccco1)N(C)C)N1CCC(CC(=O)NC)CC1. The van der Waals surface area contributed by atoms with Crippen LogP contribution in [0.4, 0.5) is 0 Å². The number of amides is 1. The zero-order valence-electron chi connectivity index (χ0n) is 15.8. The van der Waals surface area contributed by atoms with Gasteiger partial charge in [0.15, 0.2) is 5.96 Å². The Hall–Kier alpha value is -2.02. The summed E-state index contributed by atoms with van der Waals surface area (Å²) in [5.41, 5.74) is 0. The molecule has 1 aliphatic heterocycles. The molecule has 25 heavy (non-hydrogen) atoms. The van der Waals surface area contributed by atoms with Crippen LogP contribution in [0.2, 0.25) is 0 Å². The molecule has 1 unspecified atom stereocenters. The second-order valence-corrected chi connectivity index (χ2v) is 6.73. The van der Waals surface area contributed by atoms with Gasteiger partial charge in [-0.3, -0.25) is 14.7 Å². The third kappa shape index (κ3) is 5.49. The van der Waals surface area contributed by atoms with Crippen molar-refractivity contribution in [1.29, 1.82) is 0 Å². The Bertz CT molecular complexity index is 548. The van der Waals surface area contributed by atoms with E-state index in [0.29, 0.717) is 12.3 Å². The largest absolute Gasteiger partial charge is 0.468 e. The summed E-state index contributed by atoms with van der Waals surface area (Å²) in [6.07, 6.45) is 4.36. The van der Waals surface area contributed by atoms with Crippen molar-refractivity contribution in [3.05, 3.63) is 24.2 Å². The summed E-state index contributed by atoms with van der Waals surface area (Å²) in [7, 11) is 7.60. The van der Waals surface area contributed by atoms with Gasteiger partial charge in [0, 0.05) is 40.2 Å². The monoisotopic (exact) mass is 349 g/mol. The van der Waals surface area contributed by atoms with E-state index in [4.69, 9.17) is 4.42 Å². The molecule has 1 aliphatic rings. The van der Waals surface area contributed by atoms with Crippen molar-refractivity contribution in [3.63, 3.8) is 0 Å². The van der Waals surface area contributed by atoms with E-state index in [9.17, 15) is 4.79 Å². The van der Waals surface area contributed by atoms with Crippen LogP contribution in [0.1, 0.15) is 31.1 Å². The first kappa shape index (κ1) is 19.3. The molecular formula is C18H31N5O2. The summed E-state index contributed by atoms with van der Waals surface area (Å²) in [5, 5.41) is 6.18. The maximum atomic E-state index is 11.5. The Labute approximate surface area is 150 Å². The van der Waals surface area contributed by atoms with Crippen LogP contribution in [0.5, 0.6) is 0 Å². The minimum absolute atomic E-state index is 0.133. The van der Waals surface area contributed by atoms with Gasteiger partial charge in [-0.2, -0.15) is 0 Å². The first-order valence-corrected chi connectivity index (χ1v) is 8.91. The van der Waals surface area contributed by atoms with Gasteiger partial charge in [-0.1, -0.05) is 0 Å². The molecule has 2 rings (SSSR count). The van der Waals surface area contributed by atoms with Gasteiger partial charge in [-0.05, 0) is 45.0 Å². The summed E-state index contributed by atoms with van der Waals surface area (Å²) < 4.78 is 5.56. The van der Waals surface area contributed by atoms with E-state index in [-0.39, 0.29) is 11.9 Å². The lowest BCUT2D eigenvalue weighted by Gasteiger charge is -2.35. The molecule has 2 N–H and O–H groups in total. The van der Waals surface area contributed by atoms with Gasteiger partial charge in [0.05, 0.1) is 12.3 Å². The second-order valence-electron chi connectivity index (χ2n) is 6.73. The van der Waals surface area contributed by atoms with E-state index < -0.39 is 0 Å². The molecule has 140 valence electrons. The number of piperidine rings is 1. The molecular weight excluding hydrogens is 318 g/mol. The molecule has 0 aromatic carbocycles. The summed E-state index contributed by atoms with van der Waals surface area (Å²) in [4.78, 5) is 20.4. The van der Waals surface area contributed by atoms with Crippen LogP contribution in [0, 0.1) is 5.92 Å². The third-order valence-electron chi connectivity index (χ3n) is 4.83. The van der Waals surface area contributed by atoms with E-state index in [1.165, 1.54) is 0 Å². The van der Waals surface area contributed by atoms with Gasteiger partial charge in [0.1, 0.15) is 5.76 Å². The van der Waals surface area contributed by atoms with Crippen LogP contribution in [-0.4, -0.2) is 69.5 Å². The maximum absolute atomic E-state index is 11.5. The topological polar surface area (TPSA) is 73.1 Å². The molecule has 0 aliphatic carbocycles. The van der Waals surface area contributed by atoms with Crippen LogP contribution in [0.3, 0.4) is 0 Å². The number of guanidine groups is 1. The first-order chi connectivity index (χ1) is 12.0. The zero-order valence-corrected chi connectivity index (χ0v) is 15.8. The van der Waals surface area contributed by atoms with E-state index >= 15 is 0 Å². The molecule has 0 bridgehead atoms. The molecule has 1 fully saturated rings. The molecule has 1 saturated heterocycles. The number of carbonyl (C=O) groups is 1. The summed E-state index contributed by atoms with van der Waals surface area (Å²) in [6.45, 7) is 2.58. The Morgan fingerprint density at radius 2 is 2.16 bits per heavy atom. The Morgan fingerprint density at radius 3 is 2.68 bits per heavy atom. The fraction of sp³-hybridized carbons (Fsp3) is 0.667. The fourth-order valence-electron chi connectivity index (χ4n) is 3.25. The van der Waals surface area contributed by atoms with Gasteiger partial charge < -0.3 is 20.0 Å². The highest BCUT2D eigenvalue weighted by molar-refractivity contribution is 5.80. The Kier molecular flexibility index (Phi) is 7.31. The third-order valence-corrected chi connectivity index (χ3v) is 4.83. The number of furan rings is 1. The highest BCUT2D eigenvalue weighted by Gasteiger charge is 2.24. The fourth-order valence-corrected chi connectivity index (χ4v) is 3.25. The number of rotatable bonds is 6. The van der Waals surface area contributed by atoms with Gasteiger partial charge >= 0.3 is 0 Å². The molecule has 0 saturated carbocycles. The number of hydrogen-bond donors (Lipinski definition) is 2. The van der Waals surface area contributed by atoms with Crippen molar-refractivity contribution in [2.45, 2.75) is 25.3 Å². The summed E-state index contributed by atoms with van der Waals surface area (Å²) >= 11 is 0. The minimum atomic E-state index is 0.133. The van der Waals surface area contributed by atoms with E-state index in [2.05, 4.69) is 25.4 Å². The minimum Gasteiger partial charge on any atom is -0.468 e. The van der Waals surface area contributed by atoms with Crippen LogP contribution >= 0.6 is 0 Å². The van der Waals surface area contributed by atoms with Crippen molar-refractivity contribution in [1.82, 2.24) is 20.4 Å². The molecule has 0 radical (unpaired) electrons. The molecule has 0 spiro atoms. The van der Waals surface area contributed by atoms with Gasteiger partial charge in [0.2, 0.25) is 5.91 Å². The van der Waals surface area contributed by atoms with Crippen molar-refractivity contribution >= 4 is 11.9 Å². The van der Waals surface area contributed by atoms with Crippen LogP contribution < -0.4 is 10.6 Å². The normalized spacial score (nSPS) is 17.6. The number of nitrogens with one attached hydrogen (secondary N) is 2. The Morgan fingerprint density at radius 1 is 1.44 bits per heavy atom. The first-order valence-electron chi connectivity index (χ1n) is 8.91. The average Bonchev–Trinajstić information content (AvgIpc) is 3.13. The standard InChI is InChI=1S/C18H31N5O2/c1-19-17(24)12-14-7-9-23(10-8-14)18(20-2)21-13-15(22(3)4)16-6-5-11-25-16/h5-6,11,14-15H,7-10,12-13H2,1-4H3,(H,19,24)(H,20,21). The number of likely N-dealkylation sites (tertiary alicyclic amines) is 1. The van der Waals surface area contributed by atoms with Gasteiger partial charge in [0.25, 0.3) is 0 Å². The molecule has 7 heteroatoms. The summed E-state index contributed by atoms with van der Waals surface area (Å²) in [6, 6.07) is 4.06. The van der Waals surface area contributed by atoms with Crippen molar-refractivity contribution in [2.24, 2.45) is 10.9 Å². The number of hydrogen-bond acceptors (Lipinski definition) is 4. The van der Waals surface area contributed by atoms with Gasteiger partial charge in [-0.15, -0.1) is 0 Å². The predicted octanol–water partition coefficient (Wildman–Crippen LogP) is 1.31. The highest BCUT2D eigenvalue weighted by Crippen LogP contribution is 2.21.